The van der Waals surface area contributed by atoms with E-state index >= 15 is 0 Å². The largest absolute Gasteiger partial charge is 0.456 e. The number of alkyl halides is 3. The second kappa shape index (κ2) is 9.26. The third kappa shape index (κ3) is 5.86. The Kier molecular flexibility index (Phi) is 6.94. The fourth-order valence-corrected chi connectivity index (χ4v) is 4.38. The molecule has 3 rings (SSSR count). The van der Waals surface area contributed by atoms with Crippen molar-refractivity contribution in [3.8, 4) is 0 Å². The number of piperidine rings is 1. The van der Waals surface area contributed by atoms with Gasteiger partial charge in [-0.1, -0.05) is 0 Å². The van der Waals surface area contributed by atoms with Crippen molar-refractivity contribution in [2.75, 3.05) is 18.0 Å². The van der Waals surface area contributed by atoms with Crippen LogP contribution in [-0.2, 0) is 20.7 Å². The second-order valence-corrected chi connectivity index (χ2v) is 9.47. The van der Waals surface area contributed by atoms with Crippen LogP contribution in [0.1, 0.15) is 57.9 Å². The number of alkyl carbamates (subject to hydrolysis) is 1. The number of rotatable bonds is 4. The average molecular weight is 488 g/mol. The van der Waals surface area contributed by atoms with E-state index in [4.69, 9.17) is 9.47 Å². The monoisotopic (exact) mass is 488 g/mol. The van der Waals surface area contributed by atoms with Gasteiger partial charge >= 0.3 is 23.9 Å². The summed E-state index contributed by atoms with van der Waals surface area (Å²) in [6, 6.07) is -0.968. The Morgan fingerprint density at radius 1 is 1.26 bits per heavy atom. The number of halogens is 3. The predicted molar refractivity (Wildman–Crippen MR) is 113 cm³/mol. The van der Waals surface area contributed by atoms with Gasteiger partial charge in [-0.25, -0.2) is 9.78 Å². The number of nitrogens with zero attached hydrogens (tertiary/aromatic N) is 3. The Morgan fingerprint density at radius 2 is 1.94 bits per heavy atom. The smallest absolute Gasteiger partial charge is 0.407 e. The number of aromatic nitrogens is 1. The first-order valence-corrected chi connectivity index (χ1v) is 10.8. The van der Waals surface area contributed by atoms with Crippen LogP contribution < -0.4 is 10.2 Å². The van der Waals surface area contributed by atoms with Gasteiger partial charge < -0.3 is 19.7 Å². The Bertz CT molecular complexity index is 978. The van der Waals surface area contributed by atoms with Gasteiger partial charge in [0.15, 0.2) is 0 Å². The molecule has 1 aliphatic heterocycles. The molecule has 2 heterocycles. The van der Waals surface area contributed by atoms with Crippen LogP contribution in [0.2, 0.25) is 0 Å². The summed E-state index contributed by atoms with van der Waals surface area (Å²) in [6.07, 6.45) is -5.05. The average Bonchev–Trinajstić information content (AvgIpc) is 3.06. The quantitative estimate of drug-likeness (QED) is 0.385. The van der Waals surface area contributed by atoms with Crippen LogP contribution in [0, 0.1) is 16.0 Å². The minimum Gasteiger partial charge on any atom is -0.456 e. The summed E-state index contributed by atoms with van der Waals surface area (Å²) in [4.78, 5) is 40.1. The van der Waals surface area contributed by atoms with Crippen molar-refractivity contribution in [1.82, 2.24) is 10.3 Å². The van der Waals surface area contributed by atoms with Crippen molar-refractivity contribution in [2.24, 2.45) is 5.92 Å². The van der Waals surface area contributed by atoms with E-state index in [1.165, 1.54) is 11.8 Å². The number of amides is 1. The number of esters is 1. The number of hydrogen-bond acceptors (Lipinski definition) is 8. The third-order valence-electron chi connectivity index (χ3n) is 5.58. The summed E-state index contributed by atoms with van der Waals surface area (Å²) in [7, 11) is 0. The molecule has 3 atom stereocenters. The van der Waals surface area contributed by atoms with Gasteiger partial charge in [-0.05, 0) is 40.0 Å². The number of carbonyl (C=O) groups excluding carboxylic acids is 2. The first-order chi connectivity index (χ1) is 15.7. The van der Waals surface area contributed by atoms with Crippen molar-refractivity contribution in [1.29, 1.82) is 0 Å². The molecule has 0 aromatic carbocycles. The van der Waals surface area contributed by atoms with Gasteiger partial charge in [-0.2, -0.15) is 13.2 Å². The number of anilines is 1. The molecular formula is C21H27F3N4O6. The van der Waals surface area contributed by atoms with Crippen LogP contribution in [0.15, 0.2) is 6.20 Å². The molecular weight excluding hydrogens is 461 g/mol. The summed E-state index contributed by atoms with van der Waals surface area (Å²) in [6.45, 7) is 5.48. The highest BCUT2D eigenvalue weighted by Crippen LogP contribution is 2.45. The van der Waals surface area contributed by atoms with Crippen LogP contribution in [0.4, 0.5) is 29.3 Å². The molecule has 2 aliphatic rings. The second-order valence-electron chi connectivity index (χ2n) is 9.47. The fraction of sp³-hybridized carbons (Fsp3) is 0.667. The van der Waals surface area contributed by atoms with E-state index in [9.17, 15) is 32.9 Å². The number of hydrogen-bond donors (Lipinski definition) is 1. The normalized spacial score (nSPS) is 22.7. The molecule has 13 heteroatoms. The lowest BCUT2D eigenvalue weighted by Crippen LogP contribution is -2.54. The van der Waals surface area contributed by atoms with Crippen LogP contribution in [-0.4, -0.2) is 52.9 Å². The predicted octanol–water partition coefficient (Wildman–Crippen LogP) is 3.82. The highest BCUT2D eigenvalue weighted by atomic mass is 19.4. The molecule has 0 bridgehead atoms. The van der Waals surface area contributed by atoms with Gasteiger partial charge in [0.25, 0.3) is 0 Å². The molecule has 10 nitrogen and oxygen atoms in total. The van der Waals surface area contributed by atoms with Crippen molar-refractivity contribution < 1.29 is 37.2 Å². The van der Waals surface area contributed by atoms with E-state index in [-0.39, 0.29) is 18.7 Å². The highest BCUT2D eigenvalue weighted by molar-refractivity contribution is 5.72. The number of pyridine rings is 1. The van der Waals surface area contributed by atoms with E-state index in [1.807, 2.05) is 0 Å². The van der Waals surface area contributed by atoms with Gasteiger partial charge in [0, 0.05) is 25.6 Å². The molecule has 34 heavy (non-hydrogen) atoms. The number of nitrogens with one attached hydrogen (secondary N) is 1. The molecule has 1 saturated heterocycles. The summed E-state index contributed by atoms with van der Waals surface area (Å²) in [5.41, 5.74) is -0.616. The van der Waals surface area contributed by atoms with Crippen LogP contribution in [0.5, 0.6) is 0 Å². The summed E-state index contributed by atoms with van der Waals surface area (Å²) in [5.74, 6) is -2.40. The van der Waals surface area contributed by atoms with Gasteiger partial charge in [0.05, 0.1) is 22.6 Å². The number of carbonyl (C=O) groups is 2. The lowest BCUT2D eigenvalue weighted by molar-refractivity contribution is -0.384. The maximum Gasteiger partial charge on any atom is 0.407 e. The summed E-state index contributed by atoms with van der Waals surface area (Å²) in [5, 5.41) is 14.2. The zero-order valence-corrected chi connectivity index (χ0v) is 19.3. The molecule has 0 spiro atoms. The van der Waals surface area contributed by atoms with Gasteiger partial charge in [-0.15, -0.1) is 0 Å². The van der Waals surface area contributed by atoms with E-state index in [0.717, 1.165) is 6.20 Å². The van der Waals surface area contributed by atoms with Gasteiger partial charge in [-0.3, -0.25) is 14.9 Å². The lowest BCUT2D eigenvalue weighted by atomic mass is 9.92. The molecule has 188 valence electrons. The minimum absolute atomic E-state index is 0.00888. The Labute approximate surface area is 193 Å². The molecule has 1 aromatic rings. The number of fused-ring (bicyclic) bond motifs is 1. The standard InChI is InChI=1S/C21H27F3N4O6/c1-11(29)33-16-6-5-14-17(16)25-8-15(28(31)32)18(14)27-9-12(21(22,23)24)7-13(10-27)26-19(30)34-20(2,3)4/h8,12-13,16H,5-7,9-10H2,1-4H3,(H,26,30)/t12-,13+,16?/m1/s1. The van der Waals surface area contributed by atoms with Crippen molar-refractivity contribution in [3.63, 3.8) is 0 Å². The minimum atomic E-state index is -4.59. The molecule has 1 aliphatic carbocycles. The van der Waals surface area contributed by atoms with Gasteiger partial charge in [0.2, 0.25) is 0 Å². The maximum atomic E-state index is 13.8. The maximum absolute atomic E-state index is 13.8. The molecule has 1 unspecified atom stereocenters. The van der Waals surface area contributed by atoms with Crippen LogP contribution >= 0.6 is 0 Å². The third-order valence-corrected chi connectivity index (χ3v) is 5.58. The Balaban J connectivity index is 1.99. The topological polar surface area (TPSA) is 124 Å². The molecule has 0 saturated carbocycles. The lowest BCUT2D eigenvalue weighted by Gasteiger charge is -2.40. The van der Waals surface area contributed by atoms with E-state index in [0.29, 0.717) is 17.7 Å². The molecule has 0 radical (unpaired) electrons. The summed E-state index contributed by atoms with van der Waals surface area (Å²) >= 11 is 0. The van der Waals surface area contributed by atoms with Gasteiger partial charge in [0.1, 0.15) is 23.6 Å². The summed E-state index contributed by atoms with van der Waals surface area (Å²) < 4.78 is 51.7. The fourth-order valence-electron chi connectivity index (χ4n) is 4.38. The molecule has 1 N–H and O–H groups in total. The molecule has 1 aromatic heterocycles. The highest BCUT2D eigenvalue weighted by Gasteiger charge is 2.47. The Morgan fingerprint density at radius 3 is 2.50 bits per heavy atom. The Hall–Kier alpha value is -3.12. The molecule has 1 amide bonds. The van der Waals surface area contributed by atoms with E-state index in [1.54, 1.807) is 20.8 Å². The zero-order valence-electron chi connectivity index (χ0n) is 19.3. The van der Waals surface area contributed by atoms with Crippen LogP contribution in [0.3, 0.4) is 0 Å². The zero-order chi connectivity index (χ0) is 25.4. The van der Waals surface area contributed by atoms with E-state index in [2.05, 4.69) is 10.3 Å². The van der Waals surface area contributed by atoms with Crippen molar-refractivity contribution >= 4 is 23.4 Å². The molecule has 1 fully saturated rings. The van der Waals surface area contributed by atoms with Crippen molar-refractivity contribution in [3.05, 3.63) is 27.6 Å². The van der Waals surface area contributed by atoms with Crippen molar-refractivity contribution in [2.45, 2.75) is 70.9 Å². The van der Waals surface area contributed by atoms with Crippen LogP contribution in [0.25, 0.3) is 0 Å². The SMILES string of the molecule is CC(=O)OC1CCc2c1ncc([N+](=O)[O-])c2N1C[C@@H](NC(=O)OC(C)(C)C)C[C@@H](C(F)(F)F)C1. The number of nitro groups is 1. The van der Waals surface area contributed by atoms with E-state index < -0.39 is 65.5 Å². The first kappa shape index (κ1) is 25.5. The first-order valence-electron chi connectivity index (χ1n) is 10.8. The number of ether oxygens (including phenoxy) is 2.